The van der Waals surface area contributed by atoms with Crippen molar-refractivity contribution in [3.05, 3.63) is 17.5 Å². The molecule has 0 atom stereocenters. The fourth-order valence-corrected chi connectivity index (χ4v) is 1.75. The van der Waals surface area contributed by atoms with E-state index < -0.39 is 0 Å². The Morgan fingerprint density at radius 3 is 2.29 bits per heavy atom. The zero-order valence-electron chi connectivity index (χ0n) is 11.1. The van der Waals surface area contributed by atoms with Crippen molar-refractivity contribution in [3.63, 3.8) is 0 Å². The summed E-state index contributed by atoms with van der Waals surface area (Å²) in [5.74, 6) is 0.109. The van der Waals surface area contributed by atoms with E-state index in [1.165, 1.54) is 0 Å². The SMILES string of the molecule is CCCCN(CCCC)C(=O)c1cn[nH]c1C. The molecule has 0 aliphatic rings. The van der Waals surface area contributed by atoms with E-state index in [9.17, 15) is 4.79 Å². The number of H-pyrrole nitrogens is 1. The normalized spacial score (nSPS) is 10.5. The summed E-state index contributed by atoms with van der Waals surface area (Å²) in [4.78, 5) is 14.3. The number of amides is 1. The van der Waals surface area contributed by atoms with Gasteiger partial charge in [0.1, 0.15) is 0 Å². The van der Waals surface area contributed by atoms with Gasteiger partial charge in [-0.05, 0) is 19.8 Å². The Labute approximate surface area is 103 Å². The second-order valence-electron chi connectivity index (χ2n) is 4.41. The predicted octanol–water partition coefficient (Wildman–Crippen LogP) is 2.76. The highest BCUT2D eigenvalue weighted by Crippen LogP contribution is 2.09. The molecule has 0 saturated carbocycles. The molecule has 1 aromatic rings. The van der Waals surface area contributed by atoms with Crippen molar-refractivity contribution in [1.82, 2.24) is 15.1 Å². The van der Waals surface area contributed by atoms with Crippen LogP contribution in [0.1, 0.15) is 55.6 Å². The molecule has 1 amide bonds. The Kier molecular flexibility index (Phi) is 5.73. The molecule has 0 aromatic carbocycles. The monoisotopic (exact) mass is 237 g/mol. The number of carbonyl (C=O) groups is 1. The molecule has 0 unspecified atom stereocenters. The maximum atomic E-state index is 12.3. The Bertz CT molecular complexity index is 338. The van der Waals surface area contributed by atoms with Crippen molar-refractivity contribution in [1.29, 1.82) is 0 Å². The van der Waals surface area contributed by atoms with Crippen molar-refractivity contribution in [3.8, 4) is 0 Å². The van der Waals surface area contributed by atoms with E-state index in [0.717, 1.165) is 44.5 Å². The minimum atomic E-state index is 0.109. The number of aromatic nitrogens is 2. The number of unbranched alkanes of at least 4 members (excludes halogenated alkanes) is 2. The van der Waals surface area contributed by atoms with E-state index in [2.05, 4.69) is 24.0 Å². The first kappa shape index (κ1) is 13.7. The fourth-order valence-electron chi connectivity index (χ4n) is 1.75. The maximum Gasteiger partial charge on any atom is 0.257 e. The van der Waals surface area contributed by atoms with Gasteiger partial charge < -0.3 is 4.90 Å². The van der Waals surface area contributed by atoms with Gasteiger partial charge >= 0.3 is 0 Å². The van der Waals surface area contributed by atoms with Crippen LogP contribution in [0.3, 0.4) is 0 Å². The van der Waals surface area contributed by atoms with Gasteiger partial charge in [-0.3, -0.25) is 9.89 Å². The van der Waals surface area contributed by atoms with Gasteiger partial charge in [-0.1, -0.05) is 26.7 Å². The quantitative estimate of drug-likeness (QED) is 0.792. The summed E-state index contributed by atoms with van der Waals surface area (Å²) in [6, 6.07) is 0. The lowest BCUT2D eigenvalue weighted by Gasteiger charge is -2.22. The zero-order valence-corrected chi connectivity index (χ0v) is 11.1. The van der Waals surface area contributed by atoms with Crippen LogP contribution in [0.2, 0.25) is 0 Å². The molecule has 0 radical (unpaired) electrons. The number of hydrogen-bond donors (Lipinski definition) is 1. The fraction of sp³-hybridized carbons (Fsp3) is 0.692. The Morgan fingerprint density at radius 1 is 1.29 bits per heavy atom. The second kappa shape index (κ2) is 7.09. The lowest BCUT2D eigenvalue weighted by Crippen LogP contribution is -2.33. The van der Waals surface area contributed by atoms with E-state index in [-0.39, 0.29) is 5.91 Å². The van der Waals surface area contributed by atoms with Gasteiger partial charge in [-0.15, -0.1) is 0 Å². The second-order valence-corrected chi connectivity index (χ2v) is 4.41. The number of hydrogen-bond acceptors (Lipinski definition) is 2. The molecule has 0 spiro atoms. The minimum Gasteiger partial charge on any atom is -0.339 e. The Morgan fingerprint density at radius 2 is 1.88 bits per heavy atom. The summed E-state index contributed by atoms with van der Waals surface area (Å²) in [5, 5.41) is 6.73. The van der Waals surface area contributed by atoms with Crippen LogP contribution in [0.25, 0.3) is 0 Å². The summed E-state index contributed by atoms with van der Waals surface area (Å²) in [5.41, 5.74) is 1.56. The van der Waals surface area contributed by atoms with Gasteiger partial charge in [0.15, 0.2) is 0 Å². The van der Waals surface area contributed by atoms with Gasteiger partial charge in [0.2, 0.25) is 0 Å². The summed E-state index contributed by atoms with van der Waals surface area (Å²) in [6.07, 6.45) is 5.97. The first-order valence-electron chi connectivity index (χ1n) is 6.49. The average molecular weight is 237 g/mol. The van der Waals surface area contributed by atoms with Crippen LogP contribution in [0.15, 0.2) is 6.20 Å². The number of rotatable bonds is 7. The molecule has 0 fully saturated rings. The minimum absolute atomic E-state index is 0.109. The largest absolute Gasteiger partial charge is 0.339 e. The van der Waals surface area contributed by atoms with E-state index >= 15 is 0 Å². The average Bonchev–Trinajstić information content (AvgIpc) is 2.75. The summed E-state index contributed by atoms with van der Waals surface area (Å²) < 4.78 is 0. The molecule has 4 heteroatoms. The molecule has 1 aromatic heterocycles. The standard InChI is InChI=1S/C13H23N3O/c1-4-6-8-16(9-7-5-2)13(17)12-10-14-15-11(12)3/h10H,4-9H2,1-3H3,(H,14,15). The molecule has 0 aliphatic carbocycles. The van der Waals surface area contributed by atoms with Crippen LogP contribution in [0.5, 0.6) is 0 Å². The molecule has 1 N–H and O–H groups in total. The van der Waals surface area contributed by atoms with E-state index in [1.807, 2.05) is 11.8 Å². The van der Waals surface area contributed by atoms with Gasteiger partial charge in [-0.2, -0.15) is 5.10 Å². The third-order valence-electron chi connectivity index (χ3n) is 2.91. The van der Waals surface area contributed by atoms with Crippen molar-refractivity contribution < 1.29 is 4.79 Å². The molecule has 1 heterocycles. The van der Waals surface area contributed by atoms with Crippen LogP contribution < -0.4 is 0 Å². The Hall–Kier alpha value is -1.32. The van der Waals surface area contributed by atoms with Gasteiger partial charge in [0.05, 0.1) is 11.8 Å². The highest BCUT2D eigenvalue weighted by atomic mass is 16.2. The third kappa shape index (κ3) is 3.88. The zero-order chi connectivity index (χ0) is 12.7. The number of aryl methyl sites for hydroxylation is 1. The molecule has 0 bridgehead atoms. The van der Waals surface area contributed by atoms with Gasteiger partial charge in [0, 0.05) is 18.8 Å². The lowest BCUT2D eigenvalue weighted by atomic mass is 10.2. The highest BCUT2D eigenvalue weighted by Gasteiger charge is 2.17. The summed E-state index contributed by atoms with van der Waals surface area (Å²) in [6.45, 7) is 7.87. The summed E-state index contributed by atoms with van der Waals surface area (Å²) >= 11 is 0. The molecule has 96 valence electrons. The molecular formula is C13H23N3O. The van der Waals surface area contributed by atoms with Crippen LogP contribution in [0, 0.1) is 6.92 Å². The van der Waals surface area contributed by atoms with E-state index in [1.54, 1.807) is 6.20 Å². The molecule has 0 aliphatic heterocycles. The maximum absolute atomic E-state index is 12.3. The first-order valence-corrected chi connectivity index (χ1v) is 6.49. The number of nitrogens with zero attached hydrogens (tertiary/aromatic N) is 2. The highest BCUT2D eigenvalue weighted by molar-refractivity contribution is 5.95. The number of nitrogens with one attached hydrogen (secondary N) is 1. The van der Waals surface area contributed by atoms with Crippen molar-refractivity contribution >= 4 is 5.91 Å². The van der Waals surface area contributed by atoms with Crippen molar-refractivity contribution in [2.45, 2.75) is 46.5 Å². The van der Waals surface area contributed by atoms with Crippen molar-refractivity contribution in [2.24, 2.45) is 0 Å². The number of carbonyl (C=O) groups excluding carboxylic acids is 1. The molecular weight excluding hydrogens is 214 g/mol. The molecule has 1 rings (SSSR count). The molecule has 0 saturated heterocycles. The van der Waals surface area contributed by atoms with E-state index in [4.69, 9.17) is 0 Å². The third-order valence-corrected chi connectivity index (χ3v) is 2.91. The summed E-state index contributed by atoms with van der Waals surface area (Å²) in [7, 11) is 0. The van der Waals surface area contributed by atoms with Crippen LogP contribution in [-0.4, -0.2) is 34.1 Å². The lowest BCUT2D eigenvalue weighted by molar-refractivity contribution is 0.0750. The first-order chi connectivity index (χ1) is 8.20. The number of aromatic amines is 1. The van der Waals surface area contributed by atoms with Crippen LogP contribution in [0.4, 0.5) is 0 Å². The topological polar surface area (TPSA) is 49.0 Å². The molecule has 17 heavy (non-hydrogen) atoms. The van der Waals surface area contributed by atoms with Crippen LogP contribution >= 0.6 is 0 Å². The van der Waals surface area contributed by atoms with Gasteiger partial charge in [-0.25, -0.2) is 0 Å². The van der Waals surface area contributed by atoms with Crippen LogP contribution in [-0.2, 0) is 0 Å². The smallest absolute Gasteiger partial charge is 0.257 e. The van der Waals surface area contributed by atoms with Gasteiger partial charge in [0.25, 0.3) is 5.91 Å². The van der Waals surface area contributed by atoms with E-state index in [0.29, 0.717) is 5.56 Å². The predicted molar refractivity (Wildman–Crippen MR) is 69.0 cm³/mol. The van der Waals surface area contributed by atoms with Crippen molar-refractivity contribution in [2.75, 3.05) is 13.1 Å². The Balaban J connectivity index is 2.68. The molecule has 4 nitrogen and oxygen atoms in total.